The fourth-order valence-corrected chi connectivity index (χ4v) is 2.81. The molecule has 0 bridgehead atoms. The van der Waals surface area contributed by atoms with Crippen LogP contribution >= 0.6 is 0 Å². The summed E-state index contributed by atoms with van der Waals surface area (Å²) in [6.07, 6.45) is 10.3. The van der Waals surface area contributed by atoms with Gasteiger partial charge < -0.3 is 0 Å². The fraction of sp³-hybridized carbons (Fsp3) is 0.643. The SMILES string of the molecule is CC1(C)CCC=CC2=CC(=O)CC[C@]21C. The summed E-state index contributed by atoms with van der Waals surface area (Å²) in [7, 11) is 0. The van der Waals surface area contributed by atoms with Gasteiger partial charge in [0.15, 0.2) is 5.78 Å². The lowest BCUT2D eigenvalue weighted by atomic mass is 9.58. The van der Waals surface area contributed by atoms with E-state index in [2.05, 4.69) is 32.9 Å². The second-order valence-electron chi connectivity index (χ2n) is 5.72. The summed E-state index contributed by atoms with van der Waals surface area (Å²) in [6, 6.07) is 0. The Hall–Kier alpha value is -0.850. The van der Waals surface area contributed by atoms with Crippen LogP contribution in [-0.4, -0.2) is 5.78 Å². The van der Waals surface area contributed by atoms with Gasteiger partial charge in [-0.15, -0.1) is 0 Å². The van der Waals surface area contributed by atoms with Crippen molar-refractivity contribution in [2.24, 2.45) is 10.8 Å². The van der Waals surface area contributed by atoms with Gasteiger partial charge in [-0.3, -0.25) is 4.79 Å². The van der Waals surface area contributed by atoms with Gasteiger partial charge in [-0.2, -0.15) is 0 Å². The summed E-state index contributed by atoms with van der Waals surface area (Å²) in [4.78, 5) is 11.5. The van der Waals surface area contributed by atoms with E-state index in [4.69, 9.17) is 0 Å². The summed E-state index contributed by atoms with van der Waals surface area (Å²) in [5.74, 6) is 0.296. The van der Waals surface area contributed by atoms with Crippen molar-refractivity contribution in [1.82, 2.24) is 0 Å². The highest BCUT2D eigenvalue weighted by molar-refractivity contribution is 5.92. The molecule has 0 fully saturated rings. The molecular weight excluding hydrogens is 184 g/mol. The highest BCUT2D eigenvalue weighted by Crippen LogP contribution is 2.54. The van der Waals surface area contributed by atoms with Gasteiger partial charge in [-0.25, -0.2) is 0 Å². The van der Waals surface area contributed by atoms with E-state index in [1.165, 1.54) is 12.0 Å². The highest BCUT2D eigenvalue weighted by atomic mass is 16.1. The van der Waals surface area contributed by atoms with Crippen molar-refractivity contribution < 1.29 is 4.79 Å². The van der Waals surface area contributed by atoms with Gasteiger partial charge in [-0.05, 0) is 41.7 Å². The van der Waals surface area contributed by atoms with Gasteiger partial charge in [0.2, 0.25) is 0 Å². The minimum absolute atomic E-state index is 0.188. The molecule has 0 amide bonds. The van der Waals surface area contributed by atoms with Gasteiger partial charge in [0.05, 0.1) is 0 Å². The van der Waals surface area contributed by atoms with Crippen LogP contribution in [0.25, 0.3) is 0 Å². The topological polar surface area (TPSA) is 17.1 Å². The lowest BCUT2D eigenvalue weighted by Gasteiger charge is -2.46. The first kappa shape index (κ1) is 10.7. The van der Waals surface area contributed by atoms with E-state index in [0.29, 0.717) is 11.2 Å². The largest absolute Gasteiger partial charge is 0.295 e. The van der Waals surface area contributed by atoms with Crippen LogP contribution in [0.2, 0.25) is 0 Å². The number of carbonyl (C=O) groups excluding carboxylic acids is 1. The molecule has 82 valence electrons. The van der Waals surface area contributed by atoms with Crippen molar-refractivity contribution >= 4 is 5.78 Å². The van der Waals surface area contributed by atoms with Crippen LogP contribution in [0.5, 0.6) is 0 Å². The van der Waals surface area contributed by atoms with Crippen LogP contribution in [0.1, 0.15) is 46.5 Å². The molecule has 2 rings (SSSR count). The molecule has 0 aromatic rings. The first-order chi connectivity index (χ1) is 6.96. The van der Waals surface area contributed by atoms with E-state index in [1.807, 2.05) is 6.08 Å². The molecule has 2 aliphatic carbocycles. The molecule has 0 N–H and O–H groups in total. The number of hydrogen-bond acceptors (Lipinski definition) is 1. The Kier molecular flexibility index (Phi) is 2.37. The van der Waals surface area contributed by atoms with E-state index in [9.17, 15) is 4.79 Å². The first-order valence-corrected chi connectivity index (χ1v) is 5.87. The van der Waals surface area contributed by atoms with Crippen LogP contribution in [-0.2, 0) is 4.79 Å². The minimum atomic E-state index is 0.188. The van der Waals surface area contributed by atoms with Crippen molar-refractivity contribution in [3.05, 3.63) is 23.8 Å². The van der Waals surface area contributed by atoms with Crippen LogP contribution in [0, 0.1) is 10.8 Å². The molecule has 0 saturated heterocycles. The molecule has 0 aliphatic heterocycles. The van der Waals surface area contributed by atoms with Gasteiger partial charge in [0.25, 0.3) is 0 Å². The van der Waals surface area contributed by atoms with Crippen molar-refractivity contribution in [1.29, 1.82) is 0 Å². The number of allylic oxidation sites excluding steroid dienone is 4. The first-order valence-electron chi connectivity index (χ1n) is 5.87. The Balaban J connectivity index is 2.50. The molecule has 1 heteroatoms. The molecule has 0 aromatic heterocycles. The smallest absolute Gasteiger partial charge is 0.156 e. The van der Waals surface area contributed by atoms with Gasteiger partial charge in [0, 0.05) is 6.42 Å². The molecule has 0 aromatic carbocycles. The molecular formula is C14H20O. The third-order valence-electron chi connectivity index (χ3n) is 4.55. The Morgan fingerprint density at radius 2 is 1.93 bits per heavy atom. The summed E-state index contributed by atoms with van der Waals surface area (Å²) in [5.41, 5.74) is 1.73. The van der Waals surface area contributed by atoms with E-state index in [0.717, 1.165) is 19.3 Å². The summed E-state index contributed by atoms with van der Waals surface area (Å²) in [6.45, 7) is 6.99. The zero-order valence-electron chi connectivity index (χ0n) is 9.97. The van der Waals surface area contributed by atoms with E-state index < -0.39 is 0 Å². The molecule has 1 nitrogen and oxygen atoms in total. The maximum atomic E-state index is 11.5. The number of ketones is 1. The molecule has 1 atom stereocenters. The lowest BCUT2D eigenvalue weighted by molar-refractivity contribution is -0.116. The Bertz CT molecular complexity index is 346. The van der Waals surface area contributed by atoms with Crippen molar-refractivity contribution in [2.45, 2.75) is 46.5 Å². The summed E-state index contributed by atoms with van der Waals surface area (Å²) < 4.78 is 0. The maximum Gasteiger partial charge on any atom is 0.156 e. The van der Waals surface area contributed by atoms with Crippen molar-refractivity contribution in [2.75, 3.05) is 0 Å². The van der Waals surface area contributed by atoms with Crippen molar-refractivity contribution in [3.63, 3.8) is 0 Å². The fourth-order valence-electron chi connectivity index (χ4n) is 2.81. The van der Waals surface area contributed by atoms with Crippen LogP contribution < -0.4 is 0 Å². The third-order valence-corrected chi connectivity index (χ3v) is 4.55. The summed E-state index contributed by atoms with van der Waals surface area (Å²) in [5, 5.41) is 0. The monoisotopic (exact) mass is 204 g/mol. The Labute approximate surface area is 92.3 Å². The second-order valence-corrected chi connectivity index (χ2v) is 5.72. The van der Waals surface area contributed by atoms with Gasteiger partial charge >= 0.3 is 0 Å². The maximum absolute atomic E-state index is 11.5. The number of hydrogen-bond donors (Lipinski definition) is 0. The molecule has 0 spiro atoms. The Morgan fingerprint density at radius 1 is 1.20 bits per heavy atom. The van der Waals surface area contributed by atoms with E-state index in [1.54, 1.807) is 0 Å². The van der Waals surface area contributed by atoms with E-state index in [-0.39, 0.29) is 5.41 Å². The molecule has 2 aliphatic rings. The summed E-state index contributed by atoms with van der Waals surface area (Å²) >= 11 is 0. The third kappa shape index (κ3) is 1.58. The molecule has 0 radical (unpaired) electrons. The second kappa shape index (κ2) is 3.33. The lowest BCUT2D eigenvalue weighted by Crippen LogP contribution is -2.38. The van der Waals surface area contributed by atoms with E-state index >= 15 is 0 Å². The average Bonchev–Trinajstić information content (AvgIpc) is 2.27. The quantitative estimate of drug-likeness (QED) is 0.588. The molecule has 0 heterocycles. The zero-order valence-corrected chi connectivity index (χ0v) is 9.97. The normalized spacial score (nSPS) is 34.3. The number of carbonyl (C=O) groups is 1. The number of rotatable bonds is 0. The molecule has 0 unspecified atom stereocenters. The molecule has 0 saturated carbocycles. The predicted octanol–water partition coefficient (Wildman–Crippen LogP) is 3.66. The molecule has 15 heavy (non-hydrogen) atoms. The van der Waals surface area contributed by atoms with Gasteiger partial charge in [0.1, 0.15) is 0 Å². The van der Waals surface area contributed by atoms with Crippen LogP contribution in [0.15, 0.2) is 23.8 Å². The minimum Gasteiger partial charge on any atom is -0.295 e. The number of fused-ring (bicyclic) bond motifs is 1. The zero-order chi connectivity index (χ0) is 11.1. The predicted molar refractivity (Wildman–Crippen MR) is 62.6 cm³/mol. The highest BCUT2D eigenvalue weighted by Gasteiger charge is 2.45. The Morgan fingerprint density at radius 3 is 2.67 bits per heavy atom. The standard InChI is InChI=1S/C14H20O/c1-13(2)8-5-4-6-11-10-12(15)7-9-14(11,13)3/h4,6,10H,5,7-9H2,1-3H3/t14-/m1/s1. The van der Waals surface area contributed by atoms with Gasteiger partial charge in [-0.1, -0.05) is 32.9 Å². The van der Waals surface area contributed by atoms with Crippen LogP contribution in [0.4, 0.5) is 0 Å². The van der Waals surface area contributed by atoms with Crippen LogP contribution in [0.3, 0.4) is 0 Å². The van der Waals surface area contributed by atoms with Crippen molar-refractivity contribution in [3.8, 4) is 0 Å². The average molecular weight is 204 g/mol.